The van der Waals surface area contributed by atoms with Gasteiger partial charge >= 0.3 is 0 Å². The maximum atomic E-state index is 13.4. The molecular weight excluding hydrogens is 488 g/mol. The van der Waals surface area contributed by atoms with Crippen molar-refractivity contribution < 1.29 is 19.4 Å². The molecule has 192 valence electrons. The van der Waals surface area contributed by atoms with Crippen molar-refractivity contribution in [2.45, 2.75) is 26.5 Å². The number of ketones is 1. The van der Waals surface area contributed by atoms with Crippen LogP contribution in [0.1, 0.15) is 39.4 Å². The number of nitriles is 1. The summed E-state index contributed by atoms with van der Waals surface area (Å²) in [5, 5.41) is 20.7. The lowest BCUT2D eigenvalue weighted by atomic mass is 9.92. The highest BCUT2D eigenvalue weighted by atomic mass is 16.5. The lowest BCUT2D eigenvalue weighted by molar-refractivity contribution is -0.132. The second-order valence-corrected chi connectivity index (χ2v) is 9.44. The quantitative estimate of drug-likeness (QED) is 0.183. The van der Waals surface area contributed by atoms with Crippen LogP contribution in [0.25, 0.3) is 5.76 Å². The number of hydrogen-bond acceptors (Lipinski definition) is 5. The third-order valence-corrected chi connectivity index (χ3v) is 6.89. The number of carbonyl (C=O) groups is 2. The predicted octanol–water partition coefficient (Wildman–Crippen LogP) is 6.38. The van der Waals surface area contributed by atoms with Crippen molar-refractivity contribution in [2.75, 3.05) is 4.90 Å². The monoisotopic (exact) mass is 514 g/mol. The number of hydrogen-bond donors (Lipinski definition) is 1. The number of benzene rings is 4. The van der Waals surface area contributed by atoms with E-state index in [1.54, 1.807) is 42.5 Å². The second kappa shape index (κ2) is 10.7. The molecule has 1 atom stereocenters. The minimum absolute atomic E-state index is 0.0102. The van der Waals surface area contributed by atoms with E-state index >= 15 is 0 Å². The molecule has 0 saturated carbocycles. The number of aliphatic hydroxyl groups excluding tert-OH is 1. The predicted molar refractivity (Wildman–Crippen MR) is 149 cm³/mol. The van der Waals surface area contributed by atoms with E-state index in [0.29, 0.717) is 29.2 Å². The Morgan fingerprint density at radius 1 is 0.897 bits per heavy atom. The molecule has 1 fully saturated rings. The summed E-state index contributed by atoms with van der Waals surface area (Å²) in [6, 6.07) is 30.2. The van der Waals surface area contributed by atoms with Crippen molar-refractivity contribution >= 4 is 23.1 Å². The van der Waals surface area contributed by atoms with Gasteiger partial charge in [-0.2, -0.15) is 5.26 Å². The van der Waals surface area contributed by atoms with Crippen LogP contribution in [0.2, 0.25) is 0 Å². The van der Waals surface area contributed by atoms with E-state index in [2.05, 4.69) is 6.07 Å². The highest BCUT2D eigenvalue weighted by molar-refractivity contribution is 6.51. The van der Waals surface area contributed by atoms with Crippen LogP contribution < -0.4 is 9.64 Å². The van der Waals surface area contributed by atoms with Crippen LogP contribution in [0.3, 0.4) is 0 Å². The first-order chi connectivity index (χ1) is 18.9. The molecule has 0 aliphatic carbocycles. The van der Waals surface area contributed by atoms with Gasteiger partial charge in [0.15, 0.2) is 0 Å². The fourth-order valence-electron chi connectivity index (χ4n) is 4.83. The SMILES string of the molecule is Cc1cc(/C(O)=C2\C(=O)C(=O)N(c3ccc(C#N)cc3)C2c2ccccc2C)ccc1OCc1ccccc1. The molecule has 0 spiro atoms. The summed E-state index contributed by atoms with van der Waals surface area (Å²) in [5.41, 5.74) is 4.73. The number of aryl methyl sites for hydroxylation is 2. The number of aliphatic hydroxyl groups is 1. The molecular formula is C33H26N2O4. The van der Waals surface area contributed by atoms with Crippen molar-refractivity contribution in [3.63, 3.8) is 0 Å². The smallest absolute Gasteiger partial charge is 0.300 e. The van der Waals surface area contributed by atoms with E-state index in [0.717, 1.165) is 22.3 Å². The van der Waals surface area contributed by atoms with E-state index < -0.39 is 17.7 Å². The highest BCUT2D eigenvalue weighted by Crippen LogP contribution is 2.43. The second-order valence-electron chi connectivity index (χ2n) is 9.44. The van der Waals surface area contributed by atoms with Crippen molar-refractivity contribution in [3.8, 4) is 11.8 Å². The number of amides is 1. The molecule has 1 amide bonds. The molecule has 1 aliphatic heterocycles. The molecule has 6 heteroatoms. The Morgan fingerprint density at radius 3 is 2.26 bits per heavy atom. The summed E-state index contributed by atoms with van der Waals surface area (Å²) in [4.78, 5) is 28.2. The summed E-state index contributed by atoms with van der Waals surface area (Å²) in [5.74, 6) is -1.11. The number of carbonyl (C=O) groups excluding carboxylic acids is 2. The van der Waals surface area contributed by atoms with E-state index in [1.165, 1.54) is 4.90 Å². The lowest BCUT2D eigenvalue weighted by Gasteiger charge is -2.26. The van der Waals surface area contributed by atoms with Crippen LogP contribution in [0, 0.1) is 25.2 Å². The van der Waals surface area contributed by atoms with Crippen molar-refractivity contribution in [3.05, 3.63) is 136 Å². The highest BCUT2D eigenvalue weighted by Gasteiger charge is 2.47. The van der Waals surface area contributed by atoms with Gasteiger partial charge in [-0.15, -0.1) is 0 Å². The maximum absolute atomic E-state index is 13.4. The number of anilines is 1. The molecule has 5 rings (SSSR count). The Morgan fingerprint density at radius 2 is 1.59 bits per heavy atom. The van der Waals surface area contributed by atoms with Gasteiger partial charge in [0, 0.05) is 11.3 Å². The molecule has 1 aliphatic rings. The van der Waals surface area contributed by atoms with Gasteiger partial charge in [-0.05, 0) is 78.6 Å². The fraction of sp³-hybridized carbons (Fsp3) is 0.121. The molecule has 1 heterocycles. The molecule has 0 radical (unpaired) electrons. The molecule has 0 aromatic heterocycles. The fourth-order valence-corrected chi connectivity index (χ4v) is 4.83. The molecule has 1 N–H and O–H groups in total. The number of rotatable bonds is 6. The van der Waals surface area contributed by atoms with Crippen molar-refractivity contribution in [1.82, 2.24) is 0 Å². The van der Waals surface area contributed by atoms with Gasteiger partial charge in [0.2, 0.25) is 0 Å². The van der Waals surface area contributed by atoms with Gasteiger partial charge in [-0.25, -0.2) is 0 Å². The summed E-state index contributed by atoms with van der Waals surface area (Å²) in [6.45, 7) is 4.17. The van der Waals surface area contributed by atoms with Crippen LogP contribution >= 0.6 is 0 Å². The van der Waals surface area contributed by atoms with E-state index in [1.807, 2.05) is 68.4 Å². The molecule has 1 saturated heterocycles. The summed E-state index contributed by atoms with van der Waals surface area (Å²) in [6.07, 6.45) is 0. The van der Waals surface area contributed by atoms with Crippen LogP contribution in [0.15, 0.2) is 103 Å². The summed E-state index contributed by atoms with van der Waals surface area (Å²) >= 11 is 0. The number of nitrogens with zero attached hydrogens (tertiary/aromatic N) is 2. The normalized spacial score (nSPS) is 16.2. The molecule has 1 unspecified atom stereocenters. The zero-order chi connectivity index (χ0) is 27.5. The Bertz CT molecular complexity index is 1630. The standard InChI is InChI=1S/C33H26N2O4/c1-21-8-6-7-11-27(21)30-29(32(37)33(38)35(30)26-15-12-23(19-34)13-16-26)31(36)25-14-17-28(22(2)18-25)39-20-24-9-4-3-5-10-24/h3-18,30,36H,20H2,1-2H3/b31-29+. The first-order valence-corrected chi connectivity index (χ1v) is 12.5. The van der Waals surface area contributed by atoms with Gasteiger partial charge in [0.1, 0.15) is 18.1 Å². The Hall–Kier alpha value is -5.15. The Labute approximate surface area is 227 Å². The van der Waals surface area contributed by atoms with Gasteiger partial charge in [0.05, 0.1) is 23.2 Å². The summed E-state index contributed by atoms with van der Waals surface area (Å²) in [7, 11) is 0. The van der Waals surface area contributed by atoms with Crippen LogP contribution in [-0.2, 0) is 16.2 Å². The first-order valence-electron chi connectivity index (χ1n) is 12.5. The minimum atomic E-state index is -0.839. The number of Topliss-reactive ketones (excluding diaryl/α,β-unsaturated/α-hetero) is 1. The Balaban J connectivity index is 1.57. The average molecular weight is 515 g/mol. The maximum Gasteiger partial charge on any atom is 0.300 e. The van der Waals surface area contributed by atoms with Gasteiger partial charge in [-0.1, -0.05) is 54.6 Å². The van der Waals surface area contributed by atoms with Crippen LogP contribution in [0.4, 0.5) is 5.69 Å². The third-order valence-electron chi connectivity index (χ3n) is 6.89. The minimum Gasteiger partial charge on any atom is -0.507 e. The molecule has 0 bridgehead atoms. The van der Waals surface area contributed by atoms with Crippen molar-refractivity contribution in [2.24, 2.45) is 0 Å². The molecule has 4 aromatic carbocycles. The topological polar surface area (TPSA) is 90.6 Å². The zero-order valence-electron chi connectivity index (χ0n) is 21.6. The van der Waals surface area contributed by atoms with E-state index in [9.17, 15) is 20.0 Å². The average Bonchev–Trinajstić information content (AvgIpc) is 3.22. The van der Waals surface area contributed by atoms with Gasteiger partial charge in [0.25, 0.3) is 11.7 Å². The van der Waals surface area contributed by atoms with Gasteiger partial charge in [-0.3, -0.25) is 14.5 Å². The van der Waals surface area contributed by atoms with E-state index in [4.69, 9.17) is 4.74 Å². The van der Waals surface area contributed by atoms with Crippen LogP contribution in [0.5, 0.6) is 5.75 Å². The van der Waals surface area contributed by atoms with Crippen LogP contribution in [-0.4, -0.2) is 16.8 Å². The zero-order valence-corrected chi connectivity index (χ0v) is 21.6. The molecule has 4 aromatic rings. The first kappa shape index (κ1) is 25.5. The van der Waals surface area contributed by atoms with E-state index in [-0.39, 0.29) is 11.3 Å². The lowest BCUT2D eigenvalue weighted by Crippen LogP contribution is -2.29. The van der Waals surface area contributed by atoms with Gasteiger partial charge < -0.3 is 9.84 Å². The number of ether oxygens (including phenoxy) is 1. The molecule has 39 heavy (non-hydrogen) atoms. The van der Waals surface area contributed by atoms with Crippen molar-refractivity contribution in [1.29, 1.82) is 5.26 Å². The largest absolute Gasteiger partial charge is 0.507 e. The third kappa shape index (κ3) is 4.90. The molecule has 6 nitrogen and oxygen atoms in total. The summed E-state index contributed by atoms with van der Waals surface area (Å²) < 4.78 is 5.97. The Kier molecular flexibility index (Phi) is 6.98.